The first-order chi connectivity index (χ1) is 19.2. The summed E-state index contributed by atoms with van der Waals surface area (Å²) in [6.45, 7) is 6.53. The molecular weight excluding hydrogens is 508 g/mol. The van der Waals surface area contributed by atoms with Crippen LogP contribution in [0.15, 0.2) is 60.8 Å². The fourth-order valence-corrected chi connectivity index (χ4v) is 6.60. The summed E-state index contributed by atoms with van der Waals surface area (Å²) in [5.41, 5.74) is 2.85. The molecule has 1 aliphatic carbocycles. The molecule has 3 aliphatic heterocycles. The van der Waals surface area contributed by atoms with Gasteiger partial charge in [-0.2, -0.15) is 0 Å². The van der Waals surface area contributed by atoms with Crippen molar-refractivity contribution in [3.63, 3.8) is 0 Å². The van der Waals surface area contributed by atoms with Gasteiger partial charge in [0, 0.05) is 31.3 Å². The van der Waals surface area contributed by atoms with Gasteiger partial charge in [0.05, 0.1) is 23.9 Å². The third kappa shape index (κ3) is 3.77. The number of carboxylic acids is 1. The van der Waals surface area contributed by atoms with E-state index in [1.165, 1.54) is 11.6 Å². The second kappa shape index (κ2) is 8.59. The number of aromatic nitrogens is 4. The number of hydrogen-bond acceptors (Lipinski definition) is 7. The Hall–Kier alpha value is -4.31. The first-order valence-electron chi connectivity index (χ1n) is 13.5. The first kappa shape index (κ1) is 24.7. The Labute approximate surface area is 231 Å². The average molecular weight is 539 g/mol. The van der Waals surface area contributed by atoms with Crippen LogP contribution in [0.2, 0.25) is 0 Å². The quantitative estimate of drug-likeness (QED) is 0.379. The highest BCUT2D eigenvalue weighted by Crippen LogP contribution is 2.62. The number of ether oxygens (including phenoxy) is 1. The molecule has 3 saturated heterocycles. The second-order valence-electron chi connectivity index (χ2n) is 11.8. The lowest BCUT2D eigenvalue weighted by Gasteiger charge is -2.41. The maximum Gasteiger partial charge on any atom is 0.354 e. The van der Waals surface area contributed by atoms with Crippen LogP contribution in [0.5, 0.6) is 0 Å². The molecule has 0 spiro atoms. The summed E-state index contributed by atoms with van der Waals surface area (Å²) in [6, 6.07) is 17.4. The summed E-state index contributed by atoms with van der Waals surface area (Å²) < 4.78 is 8.02. The predicted octanol–water partition coefficient (Wildman–Crippen LogP) is 3.94. The van der Waals surface area contributed by atoms with Crippen LogP contribution >= 0.6 is 0 Å². The van der Waals surface area contributed by atoms with Crippen LogP contribution in [0.4, 0.5) is 11.5 Å². The molecule has 4 fully saturated rings. The molecule has 0 radical (unpaired) electrons. The number of carbonyl (C=O) groups is 2. The molecule has 2 bridgehead atoms. The minimum atomic E-state index is -1.15. The van der Waals surface area contributed by atoms with Gasteiger partial charge in [0.25, 0.3) is 0 Å². The third-order valence-electron chi connectivity index (χ3n) is 8.88. The Kier molecular flexibility index (Phi) is 5.31. The van der Waals surface area contributed by atoms with Gasteiger partial charge in [-0.3, -0.25) is 4.79 Å². The zero-order chi connectivity index (χ0) is 27.7. The number of nitrogens with zero attached hydrogens (tertiary/aromatic N) is 5. The number of benzene rings is 1. The maximum absolute atomic E-state index is 13.2. The number of fused-ring (bicyclic) bond motifs is 2. The monoisotopic (exact) mass is 538 g/mol. The largest absolute Gasteiger partial charge is 0.477 e. The van der Waals surface area contributed by atoms with Crippen LogP contribution in [0.3, 0.4) is 0 Å². The molecular formula is C30H30N6O4. The maximum atomic E-state index is 13.2. The summed E-state index contributed by atoms with van der Waals surface area (Å²) in [5.74, 6) is -0.570. The Bertz CT molecular complexity index is 1660. The topological polar surface area (TPSA) is 122 Å². The van der Waals surface area contributed by atoms with E-state index in [9.17, 15) is 14.7 Å². The lowest BCUT2D eigenvalue weighted by molar-refractivity contribution is -0.131. The van der Waals surface area contributed by atoms with E-state index in [-0.39, 0.29) is 29.4 Å². The zero-order valence-corrected chi connectivity index (χ0v) is 22.4. The predicted molar refractivity (Wildman–Crippen MR) is 147 cm³/mol. The number of hydrogen-bond donors (Lipinski definition) is 2. The molecule has 3 aromatic heterocycles. The van der Waals surface area contributed by atoms with Crippen LogP contribution in [0.1, 0.15) is 53.6 Å². The van der Waals surface area contributed by atoms with E-state index in [1.54, 1.807) is 12.1 Å². The number of nitrogens with one attached hydrogen (secondary N) is 1. The summed E-state index contributed by atoms with van der Waals surface area (Å²) in [5, 5.41) is 16.8. The van der Waals surface area contributed by atoms with Gasteiger partial charge in [-0.05, 0) is 42.7 Å². The number of aromatic carboxylic acids is 1. The van der Waals surface area contributed by atoms with Gasteiger partial charge in [-0.15, -0.1) is 5.10 Å². The molecule has 4 aliphatic rings. The van der Waals surface area contributed by atoms with E-state index in [4.69, 9.17) is 14.8 Å². The fraction of sp³-hybridized carbons (Fsp3) is 0.367. The molecule has 2 N–H and O–H groups in total. The number of anilines is 2. The van der Waals surface area contributed by atoms with Crippen molar-refractivity contribution in [2.24, 2.45) is 5.41 Å². The van der Waals surface area contributed by atoms with Crippen LogP contribution < -0.4 is 10.2 Å². The lowest BCUT2D eigenvalue weighted by atomic mass is 9.61. The number of rotatable bonds is 6. The molecule has 40 heavy (non-hydrogen) atoms. The number of amides is 1. The molecule has 0 unspecified atom stereocenters. The minimum absolute atomic E-state index is 0.0919. The molecule has 1 aromatic carbocycles. The number of pyridine rings is 2. The molecule has 6 heterocycles. The van der Waals surface area contributed by atoms with Crippen molar-refractivity contribution < 1.29 is 19.4 Å². The lowest BCUT2D eigenvalue weighted by Crippen LogP contribution is -2.49. The molecule has 10 heteroatoms. The number of carbonyl (C=O) groups excluding carboxylic acids is 1. The third-order valence-corrected chi connectivity index (χ3v) is 8.88. The highest BCUT2D eigenvalue weighted by molar-refractivity contribution is 5.96. The molecule has 1 atom stereocenters. The first-order valence-corrected chi connectivity index (χ1v) is 13.5. The highest BCUT2D eigenvalue weighted by atomic mass is 16.5. The van der Waals surface area contributed by atoms with Crippen molar-refractivity contribution in [2.45, 2.75) is 44.1 Å². The van der Waals surface area contributed by atoms with Crippen molar-refractivity contribution in [3.8, 4) is 0 Å². The standard InChI is InChI=1S/C30H30N6O4/c1-19-13-21(35-12-11-28(2,17-35)20-7-4-3-5-8-20)14-36-24(19)33-26(34-36)30-15-29(16-30,18-40-30)27(39)32-23-10-6-9-22(31-23)25(37)38/h3-10,13-14H,11-12,15-18H2,1-2H3,(H,37,38)(H,31,32,39)/t28-,29?,30?/m0/s1. The molecule has 8 rings (SSSR count). The summed E-state index contributed by atoms with van der Waals surface area (Å²) in [4.78, 5) is 35.7. The van der Waals surface area contributed by atoms with Gasteiger partial charge in [0.1, 0.15) is 11.4 Å². The van der Waals surface area contributed by atoms with Gasteiger partial charge >= 0.3 is 5.97 Å². The van der Waals surface area contributed by atoms with E-state index in [0.29, 0.717) is 18.7 Å². The second-order valence-corrected chi connectivity index (χ2v) is 11.8. The molecule has 10 nitrogen and oxygen atoms in total. The number of aryl methyl sites for hydroxylation is 1. The van der Waals surface area contributed by atoms with E-state index < -0.39 is 17.0 Å². The SMILES string of the molecule is Cc1cc(N2CC[C@](C)(c3ccccc3)C2)cn2nc(C34CC(C(=O)Nc5cccc(C(=O)O)n5)(CO3)C4)nc12. The normalized spacial score (nSPS) is 27.1. The van der Waals surface area contributed by atoms with Gasteiger partial charge in [0.15, 0.2) is 17.2 Å². The van der Waals surface area contributed by atoms with Crippen molar-refractivity contribution >= 4 is 29.0 Å². The van der Waals surface area contributed by atoms with Crippen molar-refractivity contribution in [1.82, 2.24) is 19.6 Å². The fourth-order valence-electron chi connectivity index (χ4n) is 6.60. The number of carboxylic acid groups (broad SMARTS) is 1. The summed E-state index contributed by atoms with van der Waals surface area (Å²) in [6.07, 6.45) is 4.05. The molecule has 4 aromatic rings. The Morgan fingerprint density at radius 3 is 2.65 bits per heavy atom. The van der Waals surface area contributed by atoms with E-state index in [2.05, 4.69) is 58.5 Å². The van der Waals surface area contributed by atoms with Crippen molar-refractivity contribution in [3.05, 3.63) is 83.4 Å². The van der Waals surface area contributed by atoms with E-state index in [0.717, 1.165) is 36.4 Å². The Balaban J connectivity index is 1.09. The van der Waals surface area contributed by atoms with Gasteiger partial charge < -0.3 is 20.1 Å². The van der Waals surface area contributed by atoms with Crippen LogP contribution in [0.25, 0.3) is 5.65 Å². The van der Waals surface area contributed by atoms with Gasteiger partial charge in [-0.25, -0.2) is 19.3 Å². The molecule has 204 valence electrons. The van der Waals surface area contributed by atoms with E-state index in [1.807, 2.05) is 17.6 Å². The van der Waals surface area contributed by atoms with Crippen molar-refractivity contribution in [1.29, 1.82) is 0 Å². The van der Waals surface area contributed by atoms with Crippen LogP contribution in [0, 0.1) is 12.3 Å². The molecule has 1 amide bonds. The Morgan fingerprint density at radius 2 is 1.88 bits per heavy atom. The minimum Gasteiger partial charge on any atom is -0.477 e. The van der Waals surface area contributed by atoms with Gasteiger partial charge in [0.2, 0.25) is 5.91 Å². The smallest absolute Gasteiger partial charge is 0.354 e. The van der Waals surface area contributed by atoms with Crippen LogP contribution in [-0.2, 0) is 20.5 Å². The average Bonchev–Trinajstić information content (AvgIpc) is 3.71. The van der Waals surface area contributed by atoms with Crippen molar-refractivity contribution in [2.75, 3.05) is 29.9 Å². The van der Waals surface area contributed by atoms with Gasteiger partial charge in [-0.1, -0.05) is 43.3 Å². The van der Waals surface area contributed by atoms with Crippen LogP contribution in [-0.4, -0.2) is 56.3 Å². The highest BCUT2D eigenvalue weighted by Gasteiger charge is 2.68. The molecule has 1 saturated carbocycles. The Morgan fingerprint density at radius 1 is 1.07 bits per heavy atom. The van der Waals surface area contributed by atoms with E-state index >= 15 is 0 Å². The summed E-state index contributed by atoms with van der Waals surface area (Å²) in [7, 11) is 0. The summed E-state index contributed by atoms with van der Waals surface area (Å²) >= 11 is 0. The zero-order valence-electron chi connectivity index (χ0n) is 22.4.